The van der Waals surface area contributed by atoms with Crippen LogP contribution in [0.1, 0.15) is 47.5 Å². The van der Waals surface area contributed by atoms with E-state index in [1.54, 1.807) is 0 Å². The van der Waals surface area contributed by atoms with Gasteiger partial charge >= 0.3 is 11.9 Å². The fraction of sp³-hybridized carbons (Fsp3) is 0.533. The van der Waals surface area contributed by atoms with Gasteiger partial charge in [-0.15, -0.1) is 11.3 Å². The van der Waals surface area contributed by atoms with Gasteiger partial charge in [-0.25, -0.2) is 4.79 Å². The first kappa shape index (κ1) is 17.4. The zero-order chi connectivity index (χ0) is 17.2. The number of aliphatic carboxylic acids is 1. The van der Waals surface area contributed by atoms with Crippen molar-refractivity contribution in [1.29, 1.82) is 0 Å². The molecular formula is C15H19NO6S. The van der Waals surface area contributed by atoms with E-state index in [0.717, 1.165) is 10.4 Å². The maximum Gasteiger partial charge on any atom is 0.341 e. The summed E-state index contributed by atoms with van der Waals surface area (Å²) in [5, 5.41) is 11.6. The SMILES string of the molecule is COC(=O)c1c(NC(=O)CCC(=O)O)sc2c1CC(C)(C)OC2. The number of methoxy groups -OCH3 is 1. The minimum Gasteiger partial charge on any atom is -0.481 e. The first-order chi connectivity index (χ1) is 10.7. The van der Waals surface area contributed by atoms with E-state index < -0.39 is 23.4 Å². The summed E-state index contributed by atoms with van der Waals surface area (Å²) < 4.78 is 10.6. The number of carbonyl (C=O) groups is 3. The number of amides is 1. The lowest BCUT2D eigenvalue weighted by Crippen LogP contribution is -2.32. The van der Waals surface area contributed by atoms with Crippen molar-refractivity contribution in [3.63, 3.8) is 0 Å². The number of carboxylic acid groups (broad SMARTS) is 1. The number of nitrogens with one attached hydrogen (secondary N) is 1. The molecule has 2 N–H and O–H groups in total. The van der Waals surface area contributed by atoms with Crippen molar-refractivity contribution in [2.24, 2.45) is 0 Å². The van der Waals surface area contributed by atoms with E-state index in [9.17, 15) is 14.4 Å². The van der Waals surface area contributed by atoms with Crippen LogP contribution in [-0.2, 0) is 32.1 Å². The van der Waals surface area contributed by atoms with Gasteiger partial charge in [0.05, 0.1) is 31.3 Å². The van der Waals surface area contributed by atoms with Crippen LogP contribution in [0, 0.1) is 0 Å². The average Bonchev–Trinajstić information content (AvgIpc) is 2.80. The number of hydrogen-bond donors (Lipinski definition) is 2. The van der Waals surface area contributed by atoms with E-state index in [4.69, 9.17) is 14.6 Å². The van der Waals surface area contributed by atoms with Gasteiger partial charge in [-0.2, -0.15) is 0 Å². The molecule has 0 aromatic carbocycles. The molecule has 7 nitrogen and oxygen atoms in total. The third-order valence-electron chi connectivity index (χ3n) is 3.50. The monoisotopic (exact) mass is 341 g/mol. The first-order valence-electron chi connectivity index (χ1n) is 7.12. The molecule has 0 saturated carbocycles. The quantitative estimate of drug-likeness (QED) is 0.796. The Hall–Kier alpha value is -1.93. The summed E-state index contributed by atoms with van der Waals surface area (Å²) in [6.45, 7) is 4.22. The van der Waals surface area contributed by atoms with Gasteiger partial charge in [0.15, 0.2) is 0 Å². The summed E-state index contributed by atoms with van der Waals surface area (Å²) >= 11 is 1.26. The second-order valence-electron chi connectivity index (χ2n) is 5.87. The van der Waals surface area contributed by atoms with Crippen molar-refractivity contribution in [2.45, 2.75) is 45.3 Å². The summed E-state index contributed by atoms with van der Waals surface area (Å²) in [5.41, 5.74) is 0.765. The van der Waals surface area contributed by atoms with Gasteiger partial charge in [0, 0.05) is 17.7 Å². The van der Waals surface area contributed by atoms with Crippen molar-refractivity contribution in [2.75, 3.05) is 12.4 Å². The van der Waals surface area contributed by atoms with Gasteiger partial charge in [-0.1, -0.05) is 0 Å². The molecule has 0 saturated heterocycles. The Balaban J connectivity index is 2.29. The Kier molecular flexibility index (Phi) is 5.06. The fourth-order valence-corrected chi connectivity index (χ4v) is 3.50. The van der Waals surface area contributed by atoms with Crippen molar-refractivity contribution in [1.82, 2.24) is 0 Å². The molecule has 0 aliphatic carbocycles. The fourth-order valence-electron chi connectivity index (χ4n) is 2.37. The molecule has 0 bridgehead atoms. The highest BCUT2D eigenvalue weighted by molar-refractivity contribution is 7.17. The molecule has 0 radical (unpaired) electrons. The standard InChI is InChI=1S/C15H19NO6S/c1-15(2)6-8-9(7-22-15)23-13(12(8)14(20)21-3)16-10(17)4-5-11(18)19/h4-7H2,1-3H3,(H,16,17)(H,18,19). The Morgan fingerprint density at radius 1 is 1.35 bits per heavy atom. The van der Waals surface area contributed by atoms with E-state index in [-0.39, 0.29) is 12.8 Å². The molecular weight excluding hydrogens is 322 g/mol. The molecule has 0 fully saturated rings. The summed E-state index contributed by atoms with van der Waals surface area (Å²) in [4.78, 5) is 35.4. The topological polar surface area (TPSA) is 102 Å². The molecule has 2 heterocycles. The normalized spacial score (nSPS) is 15.6. The summed E-state index contributed by atoms with van der Waals surface area (Å²) in [6.07, 6.45) is 0.120. The van der Waals surface area contributed by atoms with Crippen molar-refractivity contribution < 1.29 is 29.0 Å². The van der Waals surface area contributed by atoms with Gasteiger partial charge in [0.2, 0.25) is 5.91 Å². The molecule has 23 heavy (non-hydrogen) atoms. The van der Waals surface area contributed by atoms with Gasteiger partial charge in [-0.05, 0) is 19.4 Å². The Morgan fingerprint density at radius 3 is 2.65 bits per heavy atom. The highest BCUT2D eigenvalue weighted by Gasteiger charge is 2.34. The number of thiophene rings is 1. The Bertz CT molecular complexity index is 649. The second kappa shape index (κ2) is 6.67. The lowest BCUT2D eigenvalue weighted by Gasteiger charge is -2.30. The van der Waals surface area contributed by atoms with Gasteiger partial charge in [-0.3, -0.25) is 9.59 Å². The summed E-state index contributed by atoms with van der Waals surface area (Å²) in [7, 11) is 1.28. The third-order valence-corrected chi connectivity index (χ3v) is 4.62. The van der Waals surface area contributed by atoms with Crippen molar-refractivity contribution >= 4 is 34.2 Å². The number of ether oxygens (including phenoxy) is 2. The molecule has 1 aromatic rings. The molecule has 0 spiro atoms. The largest absolute Gasteiger partial charge is 0.481 e. The average molecular weight is 341 g/mol. The van der Waals surface area contributed by atoms with E-state index >= 15 is 0 Å². The highest BCUT2D eigenvalue weighted by atomic mass is 32.1. The number of rotatable bonds is 5. The smallest absolute Gasteiger partial charge is 0.341 e. The van der Waals surface area contributed by atoms with E-state index in [2.05, 4.69) is 5.32 Å². The number of fused-ring (bicyclic) bond motifs is 1. The van der Waals surface area contributed by atoms with Crippen LogP contribution < -0.4 is 5.32 Å². The van der Waals surface area contributed by atoms with Crippen LogP contribution in [0.5, 0.6) is 0 Å². The minimum absolute atomic E-state index is 0.152. The maximum atomic E-state index is 12.1. The molecule has 2 rings (SSSR count). The van der Waals surface area contributed by atoms with Crippen LogP contribution >= 0.6 is 11.3 Å². The molecule has 1 aromatic heterocycles. The molecule has 0 unspecified atom stereocenters. The number of esters is 1. The van der Waals surface area contributed by atoms with Crippen molar-refractivity contribution in [3.05, 3.63) is 16.0 Å². The predicted octanol–water partition coefficient (Wildman–Crippen LogP) is 2.19. The molecule has 126 valence electrons. The number of anilines is 1. The number of carboxylic acids is 1. The molecule has 1 amide bonds. The van der Waals surface area contributed by atoms with Crippen LogP contribution in [0.3, 0.4) is 0 Å². The van der Waals surface area contributed by atoms with Crippen LogP contribution in [0.2, 0.25) is 0 Å². The summed E-state index contributed by atoms with van der Waals surface area (Å²) in [5.74, 6) is -2.01. The molecule has 8 heteroatoms. The zero-order valence-corrected chi connectivity index (χ0v) is 14.0. The van der Waals surface area contributed by atoms with E-state index in [0.29, 0.717) is 23.6 Å². The minimum atomic E-state index is -1.05. The van der Waals surface area contributed by atoms with Gasteiger partial charge in [0.1, 0.15) is 5.00 Å². The van der Waals surface area contributed by atoms with E-state index in [1.165, 1.54) is 18.4 Å². The lowest BCUT2D eigenvalue weighted by atomic mass is 9.93. The van der Waals surface area contributed by atoms with Gasteiger partial charge < -0.3 is 19.9 Å². The molecule has 1 aliphatic heterocycles. The second-order valence-corrected chi connectivity index (χ2v) is 6.97. The maximum absolute atomic E-state index is 12.1. The third kappa shape index (κ3) is 4.08. The molecule has 1 aliphatic rings. The van der Waals surface area contributed by atoms with Crippen LogP contribution in [0.4, 0.5) is 5.00 Å². The highest BCUT2D eigenvalue weighted by Crippen LogP contribution is 2.40. The first-order valence-corrected chi connectivity index (χ1v) is 7.93. The van der Waals surface area contributed by atoms with Crippen LogP contribution in [-0.4, -0.2) is 35.7 Å². The zero-order valence-electron chi connectivity index (χ0n) is 13.2. The summed E-state index contributed by atoms with van der Waals surface area (Å²) in [6, 6.07) is 0. The lowest BCUT2D eigenvalue weighted by molar-refractivity contribution is -0.138. The Labute approximate surface area is 137 Å². The Morgan fingerprint density at radius 2 is 2.04 bits per heavy atom. The molecule has 0 atom stereocenters. The predicted molar refractivity (Wildman–Crippen MR) is 83.7 cm³/mol. The van der Waals surface area contributed by atoms with Crippen LogP contribution in [0.25, 0.3) is 0 Å². The van der Waals surface area contributed by atoms with Crippen LogP contribution in [0.15, 0.2) is 0 Å². The number of hydrogen-bond acceptors (Lipinski definition) is 6. The van der Waals surface area contributed by atoms with E-state index in [1.807, 2.05) is 13.8 Å². The number of carbonyl (C=O) groups excluding carboxylic acids is 2. The van der Waals surface area contributed by atoms with Crippen molar-refractivity contribution in [3.8, 4) is 0 Å². The van der Waals surface area contributed by atoms with Gasteiger partial charge in [0.25, 0.3) is 0 Å².